The molecule has 0 saturated carbocycles. The molecule has 0 spiro atoms. The van der Waals surface area contributed by atoms with Crippen molar-refractivity contribution in [3.63, 3.8) is 0 Å². The fraction of sp³-hybridized carbons (Fsp3) is 0. The molecule has 0 fully saturated rings. The molecule has 0 atom stereocenters. The molecule has 0 bridgehead atoms. The summed E-state index contributed by atoms with van der Waals surface area (Å²) in [5.74, 6) is 0. The Morgan fingerprint density at radius 3 is 3.25 bits per heavy atom. The molecule has 0 saturated heterocycles. The van der Waals surface area contributed by atoms with Crippen molar-refractivity contribution in [3.8, 4) is 0 Å². The first-order valence-corrected chi connectivity index (χ1v) is 4.98. The first-order valence-electron chi connectivity index (χ1n) is 2.47. The zero-order valence-electron chi connectivity index (χ0n) is 4.24. The van der Waals surface area contributed by atoms with E-state index < -0.39 is 0 Å². The standard InChI is InChI=1S/C6H5NTe/c1-2-6-7(3-1)4-5-8-6/h1-5H. The fourth-order valence-corrected chi connectivity index (χ4v) is 2.86. The van der Waals surface area contributed by atoms with Crippen molar-refractivity contribution in [1.29, 1.82) is 0 Å². The first kappa shape index (κ1) is 4.67. The molecule has 2 aromatic heterocycles. The molecule has 40 valence electrons. The van der Waals surface area contributed by atoms with Gasteiger partial charge in [0.25, 0.3) is 0 Å². The minimum absolute atomic E-state index is 0.0858. The van der Waals surface area contributed by atoms with E-state index in [1.807, 2.05) is 0 Å². The number of nitrogens with zero attached hydrogens (tertiary/aromatic N) is 1. The molecule has 2 heteroatoms. The van der Waals surface area contributed by atoms with Gasteiger partial charge in [0.15, 0.2) is 0 Å². The Morgan fingerprint density at radius 1 is 1.38 bits per heavy atom. The van der Waals surface area contributed by atoms with Crippen molar-refractivity contribution in [2.24, 2.45) is 0 Å². The second-order valence-electron chi connectivity index (χ2n) is 1.66. The van der Waals surface area contributed by atoms with Gasteiger partial charge in [0.2, 0.25) is 0 Å². The second-order valence-corrected chi connectivity index (χ2v) is 4.30. The molecular weight excluding hydrogens is 214 g/mol. The van der Waals surface area contributed by atoms with Crippen molar-refractivity contribution in [2.45, 2.75) is 0 Å². The molecule has 8 heavy (non-hydrogen) atoms. The molecule has 0 aliphatic heterocycles. The molecule has 1 nitrogen and oxygen atoms in total. The zero-order valence-corrected chi connectivity index (χ0v) is 6.57. The molecule has 0 aliphatic carbocycles. The van der Waals surface area contributed by atoms with E-state index in [0.29, 0.717) is 0 Å². The van der Waals surface area contributed by atoms with Crippen LogP contribution in [0.2, 0.25) is 0 Å². The van der Waals surface area contributed by atoms with Gasteiger partial charge in [-0.3, -0.25) is 0 Å². The van der Waals surface area contributed by atoms with E-state index in [0.717, 1.165) is 0 Å². The van der Waals surface area contributed by atoms with Crippen LogP contribution in [-0.2, 0) is 0 Å². The van der Waals surface area contributed by atoms with Crippen molar-refractivity contribution in [3.05, 3.63) is 28.6 Å². The summed E-state index contributed by atoms with van der Waals surface area (Å²) in [5.41, 5.74) is 0. The topological polar surface area (TPSA) is 4.41 Å². The van der Waals surface area contributed by atoms with Crippen LogP contribution >= 0.6 is 0 Å². The van der Waals surface area contributed by atoms with Crippen molar-refractivity contribution in [2.75, 3.05) is 0 Å². The van der Waals surface area contributed by atoms with E-state index in [-0.39, 0.29) is 20.4 Å². The molecule has 0 unspecified atom stereocenters. The molecule has 2 rings (SSSR count). The number of rotatable bonds is 0. The molecule has 0 amide bonds. The summed E-state index contributed by atoms with van der Waals surface area (Å²) >= 11 is 0.0858. The van der Waals surface area contributed by atoms with Gasteiger partial charge in [-0.1, -0.05) is 0 Å². The van der Waals surface area contributed by atoms with Crippen LogP contribution in [0.15, 0.2) is 28.6 Å². The van der Waals surface area contributed by atoms with Gasteiger partial charge < -0.3 is 0 Å². The number of hydrogen-bond acceptors (Lipinski definition) is 0. The van der Waals surface area contributed by atoms with Crippen molar-refractivity contribution >= 4 is 24.0 Å². The third-order valence-electron chi connectivity index (χ3n) is 1.15. The van der Waals surface area contributed by atoms with E-state index in [2.05, 4.69) is 33.0 Å². The molecule has 0 aliphatic rings. The predicted molar refractivity (Wildman–Crippen MR) is 34.3 cm³/mol. The zero-order chi connectivity index (χ0) is 5.40. The summed E-state index contributed by atoms with van der Waals surface area (Å²) in [5, 5.41) is 0. The summed E-state index contributed by atoms with van der Waals surface area (Å²) in [6.45, 7) is 0. The molecule has 2 aromatic rings. The number of hydrogen-bond donors (Lipinski definition) is 0. The number of aromatic nitrogens is 1. The van der Waals surface area contributed by atoms with Gasteiger partial charge in [-0.15, -0.1) is 0 Å². The fourth-order valence-electron chi connectivity index (χ4n) is 0.767. The van der Waals surface area contributed by atoms with Crippen LogP contribution in [0.25, 0.3) is 3.53 Å². The van der Waals surface area contributed by atoms with E-state index in [9.17, 15) is 0 Å². The summed E-state index contributed by atoms with van der Waals surface area (Å²) in [4.78, 5) is 0. The average Bonchev–Trinajstić information content (AvgIpc) is 2.15. The average molecular weight is 219 g/mol. The summed E-state index contributed by atoms with van der Waals surface area (Å²) in [6.07, 6.45) is 4.25. The second kappa shape index (κ2) is 1.65. The van der Waals surface area contributed by atoms with Crippen LogP contribution in [0, 0.1) is 0 Å². The van der Waals surface area contributed by atoms with E-state index in [4.69, 9.17) is 0 Å². The Morgan fingerprint density at radius 2 is 2.38 bits per heavy atom. The van der Waals surface area contributed by atoms with Gasteiger partial charge in [0, 0.05) is 0 Å². The van der Waals surface area contributed by atoms with Gasteiger partial charge in [0.1, 0.15) is 0 Å². The van der Waals surface area contributed by atoms with Crippen LogP contribution < -0.4 is 0 Å². The van der Waals surface area contributed by atoms with Crippen LogP contribution in [0.1, 0.15) is 0 Å². The Bertz CT molecular complexity index is 230. The molecule has 0 radical (unpaired) electrons. The van der Waals surface area contributed by atoms with Crippen molar-refractivity contribution in [1.82, 2.24) is 4.40 Å². The van der Waals surface area contributed by atoms with E-state index in [1.165, 1.54) is 3.53 Å². The van der Waals surface area contributed by atoms with Gasteiger partial charge in [-0.25, -0.2) is 0 Å². The first-order chi connectivity index (χ1) is 3.97. The maximum absolute atomic E-state index is 2.29. The molecule has 0 aromatic carbocycles. The van der Waals surface area contributed by atoms with E-state index in [1.54, 1.807) is 0 Å². The predicted octanol–water partition coefficient (Wildman–Crippen LogP) is 0.996. The molecular formula is C6H5NTe. The Balaban J connectivity index is 3.06. The Hall–Kier alpha value is -0.190. The summed E-state index contributed by atoms with van der Waals surface area (Å²) in [6, 6.07) is 4.30. The van der Waals surface area contributed by atoms with E-state index >= 15 is 0 Å². The molecule has 2 heterocycles. The monoisotopic (exact) mass is 221 g/mol. The van der Waals surface area contributed by atoms with Gasteiger partial charge in [-0.2, -0.15) is 0 Å². The van der Waals surface area contributed by atoms with Crippen LogP contribution in [0.5, 0.6) is 0 Å². The minimum atomic E-state index is 0.0858. The maximum atomic E-state index is 2.29. The van der Waals surface area contributed by atoms with Crippen LogP contribution in [0.4, 0.5) is 0 Å². The van der Waals surface area contributed by atoms with Gasteiger partial charge >= 0.3 is 57.0 Å². The van der Waals surface area contributed by atoms with Crippen molar-refractivity contribution < 1.29 is 0 Å². The summed E-state index contributed by atoms with van der Waals surface area (Å²) in [7, 11) is 0. The third-order valence-corrected chi connectivity index (χ3v) is 3.57. The third kappa shape index (κ3) is 0.538. The van der Waals surface area contributed by atoms with Crippen LogP contribution in [0.3, 0.4) is 0 Å². The number of fused-ring (bicyclic) bond motifs is 1. The SMILES string of the molecule is c1cc2[te]ccn2c1. The normalized spacial score (nSPS) is 10.5. The van der Waals surface area contributed by atoms with Gasteiger partial charge in [-0.05, 0) is 0 Å². The Labute approximate surface area is 57.2 Å². The Kier molecular flexibility index (Phi) is 0.961. The summed E-state index contributed by atoms with van der Waals surface area (Å²) < 4.78 is 6.01. The molecule has 0 N–H and O–H groups in total. The quantitative estimate of drug-likeness (QED) is 0.582. The van der Waals surface area contributed by atoms with Crippen LogP contribution in [-0.4, -0.2) is 24.8 Å². The van der Waals surface area contributed by atoms with Gasteiger partial charge in [0.05, 0.1) is 0 Å².